The van der Waals surface area contributed by atoms with Crippen LogP contribution in [0, 0.1) is 13.8 Å². The van der Waals surface area contributed by atoms with Crippen LogP contribution < -0.4 is 4.90 Å². The van der Waals surface area contributed by atoms with Crippen LogP contribution in [0.5, 0.6) is 0 Å². The van der Waals surface area contributed by atoms with E-state index in [4.69, 9.17) is 0 Å². The third kappa shape index (κ3) is 2.92. The number of nitrogens with zero attached hydrogens (tertiary/aromatic N) is 3. The third-order valence-corrected chi connectivity index (χ3v) is 4.36. The van der Waals surface area contributed by atoms with Gasteiger partial charge in [0.1, 0.15) is 5.56 Å². The summed E-state index contributed by atoms with van der Waals surface area (Å²) < 4.78 is 0. The van der Waals surface area contributed by atoms with Gasteiger partial charge in [-0.3, -0.25) is 0 Å². The van der Waals surface area contributed by atoms with Gasteiger partial charge in [-0.1, -0.05) is 25.7 Å². The smallest absolute Gasteiger partial charge is 0.339 e. The van der Waals surface area contributed by atoms with Crippen LogP contribution in [-0.4, -0.2) is 34.4 Å². The van der Waals surface area contributed by atoms with Crippen LogP contribution in [0.25, 0.3) is 0 Å². The molecule has 5 nitrogen and oxygen atoms in total. The van der Waals surface area contributed by atoms with Crippen LogP contribution in [0.3, 0.4) is 0 Å². The molecule has 0 bridgehead atoms. The van der Waals surface area contributed by atoms with Gasteiger partial charge in [0.15, 0.2) is 5.82 Å². The zero-order valence-corrected chi connectivity index (χ0v) is 12.5. The molecule has 20 heavy (non-hydrogen) atoms. The number of aryl methyl sites for hydroxylation is 1. The molecule has 110 valence electrons. The van der Waals surface area contributed by atoms with Gasteiger partial charge in [-0.2, -0.15) is 5.10 Å². The Morgan fingerprint density at radius 1 is 1.15 bits per heavy atom. The van der Waals surface area contributed by atoms with Gasteiger partial charge >= 0.3 is 5.97 Å². The van der Waals surface area contributed by atoms with Crippen LogP contribution in [-0.2, 0) is 0 Å². The summed E-state index contributed by atoms with van der Waals surface area (Å²) in [6, 6.07) is 0.368. The van der Waals surface area contributed by atoms with E-state index in [1.54, 1.807) is 13.8 Å². The van der Waals surface area contributed by atoms with Crippen molar-refractivity contribution >= 4 is 11.8 Å². The maximum absolute atomic E-state index is 11.6. The molecule has 0 amide bonds. The summed E-state index contributed by atoms with van der Waals surface area (Å²) >= 11 is 0. The van der Waals surface area contributed by atoms with Crippen molar-refractivity contribution in [2.45, 2.75) is 58.4 Å². The highest BCUT2D eigenvalue weighted by atomic mass is 16.4. The SMILES string of the molecule is Cc1nnc(N(C)C2CCCCCC2)c(C(=O)O)c1C. The summed E-state index contributed by atoms with van der Waals surface area (Å²) in [4.78, 5) is 13.6. The number of rotatable bonds is 3. The third-order valence-electron chi connectivity index (χ3n) is 4.36. The topological polar surface area (TPSA) is 66.3 Å². The monoisotopic (exact) mass is 277 g/mol. The van der Waals surface area contributed by atoms with Crippen LogP contribution in [0.15, 0.2) is 0 Å². The van der Waals surface area contributed by atoms with Crippen molar-refractivity contribution in [1.29, 1.82) is 0 Å². The number of aromatic carboxylic acids is 1. The molecule has 0 aromatic carbocycles. The highest BCUT2D eigenvalue weighted by Gasteiger charge is 2.25. The molecule has 0 radical (unpaired) electrons. The van der Waals surface area contributed by atoms with Crippen molar-refractivity contribution in [3.05, 3.63) is 16.8 Å². The van der Waals surface area contributed by atoms with Gasteiger partial charge in [0.05, 0.1) is 5.69 Å². The van der Waals surface area contributed by atoms with Crippen molar-refractivity contribution in [2.24, 2.45) is 0 Å². The lowest BCUT2D eigenvalue weighted by Crippen LogP contribution is -2.33. The first-order valence-electron chi connectivity index (χ1n) is 7.32. The van der Waals surface area contributed by atoms with Gasteiger partial charge in [-0.05, 0) is 32.3 Å². The zero-order chi connectivity index (χ0) is 14.7. The minimum atomic E-state index is -0.920. The average Bonchev–Trinajstić information content (AvgIpc) is 2.69. The number of anilines is 1. The Labute approximate surface area is 120 Å². The van der Waals surface area contributed by atoms with Gasteiger partial charge in [-0.25, -0.2) is 4.79 Å². The molecule has 1 aromatic rings. The average molecular weight is 277 g/mol. The molecule has 1 aliphatic rings. The zero-order valence-electron chi connectivity index (χ0n) is 12.5. The summed E-state index contributed by atoms with van der Waals surface area (Å²) in [6.07, 6.45) is 7.16. The summed E-state index contributed by atoms with van der Waals surface area (Å²) in [7, 11) is 1.95. The van der Waals surface area contributed by atoms with E-state index in [0.29, 0.717) is 28.7 Å². The van der Waals surface area contributed by atoms with E-state index in [2.05, 4.69) is 10.2 Å². The Kier molecular flexibility index (Phi) is 4.57. The van der Waals surface area contributed by atoms with Crippen molar-refractivity contribution in [1.82, 2.24) is 10.2 Å². The highest BCUT2D eigenvalue weighted by molar-refractivity contribution is 5.95. The lowest BCUT2D eigenvalue weighted by molar-refractivity contribution is 0.0696. The van der Waals surface area contributed by atoms with Crippen LogP contribution in [0.2, 0.25) is 0 Å². The normalized spacial score (nSPS) is 16.8. The van der Waals surface area contributed by atoms with Gasteiger partial charge < -0.3 is 10.0 Å². The Bertz CT molecular complexity index is 494. The molecule has 1 aliphatic carbocycles. The minimum absolute atomic E-state index is 0.296. The van der Waals surface area contributed by atoms with Crippen LogP contribution in [0.1, 0.15) is 60.1 Å². The van der Waals surface area contributed by atoms with E-state index >= 15 is 0 Å². The Balaban J connectivity index is 2.35. The second kappa shape index (κ2) is 6.20. The molecule has 1 aromatic heterocycles. The predicted octanol–water partition coefficient (Wildman–Crippen LogP) is 2.95. The fraction of sp³-hybridized carbons (Fsp3) is 0.667. The summed E-state index contributed by atoms with van der Waals surface area (Å²) in [5, 5.41) is 17.7. The molecule has 0 unspecified atom stereocenters. The van der Waals surface area contributed by atoms with Crippen LogP contribution >= 0.6 is 0 Å². The second-order valence-corrected chi connectivity index (χ2v) is 5.67. The molecule has 1 N–H and O–H groups in total. The maximum atomic E-state index is 11.6. The largest absolute Gasteiger partial charge is 0.478 e. The number of hydrogen-bond donors (Lipinski definition) is 1. The van der Waals surface area contributed by atoms with Gasteiger partial charge in [0.25, 0.3) is 0 Å². The van der Waals surface area contributed by atoms with Crippen LogP contribution in [0.4, 0.5) is 5.82 Å². The van der Waals surface area contributed by atoms with E-state index in [0.717, 1.165) is 12.8 Å². The first-order chi connectivity index (χ1) is 9.52. The Hall–Kier alpha value is -1.65. The summed E-state index contributed by atoms with van der Waals surface area (Å²) in [5.41, 5.74) is 1.69. The molecule has 1 heterocycles. The van der Waals surface area contributed by atoms with E-state index in [-0.39, 0.29) is 0 Å². The second-order valence-electron chi connectivity index (χ2n) is 5.67. The van der Waals surface area contributed by atoms with Gasteiger partial charge in [0.2, 0.25) is 0 Å². The Morgan fingerprint density at radius 3 is 2.30 bits per heavy atom. The number of hydrogen-bond acceptors (Lipinski definition) is 4. The number of carbonyl (C=O) groups is 1. The van der Waals surface area contributed by atoms with E-state index in [1.807, 2.05) is 11.9 Å². The first kappa shape index (κ1) is 14.8. The molecule has 5 heteroatoms. The molecule has 0 saturated heterocycles. The Morgan fingerprint density at radius 2 is 1.75 bits per heavy atom. The number of carboxylic acids is 1. The van der Waals surface area contributed by atoms with Crippen molar-refractivity contribution in [3.63, 3.8) is 0 Å². The van der Waals surface area contributed by atoms with Crippen molar-refractivity contribution in [2.75, 3.05) is 11.9 Å². The number of aromatic nitrogens is 2. The maximum Gasteiger partial charge on any atom is 0.339 e. The molecule has 2 rings (SSSR count). The molecule has 1 fully saturated rings. The van der Waals surface area contributed by atoms with E-state index in [1.165, 1.54) is 25.7 Å². The molecular formula is C15H23N3O2. The standard InChI is InChI=1S/C15H23N3O2/c1-10-11(2)16-17-14(13(10)15(19)20)18(3)12-8-6-4-5-7-9-12/h12H,4-9H2,1-3H3,(H,19,20). The quantitative estimate of drug-likeness (QED) is 0.860. The lowest BCUT2D eigenvalue weighted by Gasteiger charge is -2.29. The van der Waals surface area contributed by atoms with Crippen molar-refractivity contribution in [3.8, 4) is 0 Å². The summed E-state index contributed by atoms with van der Waals surface area (Å²) in [5.74, 6) is -0.413. The molecule has 0 atom stereocenters. The van der Waals surface area contributed by atoms with Crippen molar-refractivity contribution < 1.29 is 9.90 Å². The van der Waals surface area contributed by atoms with E-state index < -0.39 is 5.97 Å². The summed E-state index contributed by atoms with van der Waals surface area (Å²) in [6.45, 7) is 3.60. The number of carboxylic acid groups (broad SMARTS) is 1. The molecule has 1 saturated carbocycles. The molecule has 0 spiro atoms. The lowest BCUT2D eigenvalue weighted by atomic mass is 10.0. The fourth-order valence-corrected chi connectivity index (χ4v) is 2.92. The minimum Gasteiger partial charge on any atom is -0.478 e. The highest BCUT2D eigenvalue weighted by Crippen LogP contribution is 2.28. The van der Waals surface area contributed by atoms with E-state index in [9.17, 15) is 9.90 Å². The fourth-order valence-electron chi connectivity index (χ4n) is 2.92. The van der Waals surface area contributed by atoms with Gasteiger partial charge in [-0.15, -0.1) is 5.10 Å². The molecular weight excluding hydrogens is 254 g/mol. The van der Waals surface area contributed by atoms with Gasteiger partial charge in [0, 0.05) is 13.1 Å². The molecule has 0 aliphatic heterocycles. The predicted molar refractivity (Wildman–Crippen MR) is 78.4 cm³/mol. The first-order valence-corrected chi connectivity index (χ1v) is 7.32.